The number of benzene rings is 1. The van der Waals surface area contributed by atoms with Gasteiger partial charge in [-0.15, -0.1) is 0 Å². The van der Waals surface area contributed by atoms with Gasteiger partial charge in [0, 0.05) is 6.42 Å². The van der Waals surface area contributed by atoms with Crippen molar-refractivity contribution in [1.82, 2.24) is 0 Å². The molecule has 196 valence electrons. The van der Waals surface area contributed by atoms with Crippen molar-refractivity contribution < 1.29 is 14.6 Å². The number of unbranched alkanes of at least 4 members (excludes halogenated alkanes) is 7. The van der Waals surface area contributed by atoms with E-state index in [9.17, 15) is 9.90 Å². The monoisotopic (exact) mass is 492 g/mol. The Bertz CT molecular complexity index is 678. The van der Waals surface area contributed by atoms with Crippen LogP contribution in [0.3, 0.4) is 0 Å². The summed E-state index contributed by atoms with van der Waals surface area (Å²) in [4.78, 5) is 12.3. The molecule has 1 N–H and O–H groups in total. The van der Waals surface area contributed by atoms with Gasteiger partial charge >= 0.3 is 5.97 Å². The van der Waals surface area contributed by atoms with Crippen molar-refractivity contribution >= 4 is 17.7 Å². The van der Waals surface area contributed by atoms with Crippen LogP contribution in [-0.2, 0) is 26.8 Å². The second kappa shape index (κ2) is 15.8. The molecule has 0 unspecified atom stereocenters. The molecule has 0 saturated carbocycles. The minimum absolute atomic E-state index is 0.129. The highest BCUT2D eigenvalue weighted by Gasteiger charge is 2.26. The highest BCUT2D eigenvalue weighted by atomic mass is 32.2. The number of carbonyl (C=O) groups excluding carboxylic acids is 1. The van der Waals surface area contributed by atoms with Crippen molar-refractivity contribution in [1.29, 1.82) is 0 Å². The maximum Gasteiger partial charge on any atom is 0.306 e. The van der Waals surface area contributed by atoms with Crippen LogP contribution < -0.4 is 0 Å². The van der Waals surface area contributed by atoms with E-state index in [-0.39, 0.29) is 16.8 Å². The number of phenolic OH excluding ortho intramolecular Hbond substituents is 1. The normalized spacial score (nSPS) is 12.2. The van der Waals surface area contributed by atoms with Crippen molar-refractivity contribution in [3.63, 3.8) is 0 Å². The second-order valence-electron chi connectivity index (χ2n) is 11.7. The third-order valence-corrected chi connectivity index (χ3v) is 7.40. The molecular formula is C30H52O3S. The molecule has 0 aliphatic heterocycles. The van der Waals surface area contributed by atoms with Gasteiger partial charge in [0.1, 0.15) is 5.75 Å². The van der Waals surface area contributed by atoms with Gasteiger partial charge in [-0.2, -0.15) is 11.8 Å². The summed E-state index contributed by atoms with van der Waals surface area (Å²) in [5, 5.41) is 10.9. The zero-order valence-electron chi connectivity index (χ0n) is 23.2. The maximum atomic E-state index is 12.3. The molecule has 0 fully saturated rings. The number of thioether (sulfide) groups is 1. The number of ether oxygens (including phenoxy) is 1. The lowest BCUT2D eigenvalue weighted by Crippen LogP contribution is -2.18. The zero-order valence-corrected chi connectivity index (χ0v) is 24.0. The molecule has 1 aromatic carbocycles. The molecule has 0 heterocycles. The lowest BCUT2D eigenvalue weighted by molar-refractivity contribution is -0.143. The molecule has 1 rings (SSSR count). The van der Waals surface area contributed by atoms with Gasteiger partial charge < -0.3 is 9.84 Å². The molecule has 0 aliphatic rings. The Morgan fingerprint density at radius 1 is 0.824 bits per heavy atom. The molecule has 1 aromatic rings. The Kier molecular flexibility index (Phi) is 14.3. The summed E-state index contributed by atoms with van der Waals surface area (Å²) in [7, 11) is 0. The predicted octanol–water partition coefficient (Wildman–Crippen LogP) is 8.73. The summed E-state index contributed by atoms with van der Waals surface area (Å²) in [6, 6.07) is 4.11. The number of esters is 1. The van der Waals surface area contributed by atoms with E-state index in [0.29, 0.717) is 25.2 Å². The van der Waals surface area contributed by atoms with E-state index in [2.05, 4.69) is 60.6 Å². The average Bonchev–Trinajstić information content (AvgIpc) is 2.74. The van der Waals surface area contributed by atoms with Gasteiger partial charge in [0.25, 0.3) is 0 Å². The van der Waals surface area contributed by atoms with Gasteiger partial charge in [0.2, 0.25) is 0 Å². The van der Waals surface area contributed by atoms with Crippen LogP contribution in [0.15, 0.2) is 12.1 Å². The summed E-state index contributed by atoms with van der Waals surface area (Å²) >= 11 is 1.98. The quantitative estimate of drug-likeness (QED) is 0.185. The molecule has 34 heavy (non-hydrogen) atoms. The first-order valence-electron chi connectivity index (χ1n) is 13.6. The molecule has 0 radical (unpaired) electrons. The second-order valence-corrected chi connectivity index (χ2v) is 12.9. The number of carbonyl (C=O) groups is 1. The van der Waals surface area contributed by atoms with Crippen molar-refractivity contribution in [3.8, 4) is 5.75 Å². The number of hydrogen-bond acceptors (Lipinski definition) is 4. The highest BCUT2D eigenvalue weighted by molar-refractivity contribution is 7.99. The molecule has 0 saturated heterocycles. The van der Waals surface area contributed by atoms with Crippen molar-refractivity contribution in [2.45, 2.75) is 130 Å². The predicted molar refractivity (Wildman–Crippen MR) is 149 cm³/mol. The molecular weight excluding hydrogens is 440 g/mol. The van der Waals surface area contributed by atoms with Gasteiger partial charge in [0.05, 0.1) is 6.61 Å². The summed E-state index contributed by atoms with van der Waals surface area (Å²) in [6.07, 6.45) is 12.9. The lowest BCUT2D eigenvalue weighted by Gasteiger charge is -2.28. The Morgan fingerprint density at radius 2 is 1.32 bits per heavy atom. The number of aryl methyl sites for hydroxylation is 1. The largest absolute Gasteiger partial charge is 0.507 e. The molecule has 0 aliphatic carbocycles. The molecule has 4 heteroatoms. The molecule has 0 atom stereocenters. The van der Waals surface area contributed by atoms with Crippen LogP contribution in [-0.4, -0.2) is 29.2 Å². The standard InChI is InChI=1S/C30H52O3S/c1-8-9-10-11-12-13-14-15-20-34-21-16-19-33-27(31)18-17-24-22-25(29(2,3)4)28(32)26(23-24)30(5,6)7/h22-23,32H,8-21H2,1-7H3. The van der Waals surface area contributed by atoms with Gasteiger partial charge in [-0.05, 0) is 58.3 Å². The van der Waals surface area contributed by atoms with E-state index >= 15 is 0 Å². The number of hydrogen-bond donors (Lipinski definition) is 1. The van der Waals surface area contributed by atoms with Gasteiger partial charge in [-0.3, -0.25) is 4.79 Å². The number of aromatic hydroxyl groups is 1. The first-order chi connectivity index (χ1) is 16.0. The van der Waals surface area contributed by atoms with E-state index in [1.165, 1.54) is 57.1 Å². The first kappa shape index (κ1) is 30.9. The van der Waals surface area contributed by atoms with Crippen LogP contribution in [0.1, 0.15) is 129 Å². The van der Waals surface area contributed by atoms with Gasteiger partial charge in [0.15, 0.2) is 0 Å². The molecule has 0 amide bonds. The third-order valence-electron chi connectivity index (χ3n) is 6.24. The SMILES string of the molecule is CCCCCCCCCCSCCCOC(=O)CCc1cc(C(C)(C)C)c(O)c(C(C)(C)C)c1. The van der Waals surface area contributed by atoms with Crippen molar-refractivity contribution in [2.75, 3.05) is 18.1 Å². The smallest absolute Gasteiger partial charge is 0.306 e. The minimum atomic E-state index is -0.160. The van der Waals surface area contributed by atoms with Gasteiger partial charge in [-0.25, -0.2) is 0 Å². The van der Waals surface area contributed by atoms with Gasteiger partial charge in [-0.1, -0.05) is 106 Å². The van der Waals surface area contributed by atoms with E-state index in [1.807, 2.05) is 11.8 Å². The fraction of sp³-hybridized carbons (Fsp3) is 0.767. The Hall–Kier alpha value is -1.16. The summed E-state index contributed by atoms with van der Waals surface area (Å²) in [5.41, 5.74) is 2.65. The van der Waals surface area contributed by atoms with Crippen LogP contribution in [0.25, 0.3) is 0 Å². The average molecular weight is 493 g/mol. The molecule has 3 nitrogen and oxygen atoms in total. The molecule has 0 aromatic heterocycles. The van der Waals surface area contributed by atoms with Crippen LogP contribution >= 0.6 is 11.8 Å². The van der Waals surface area contributed by atoms with Crippen molar-refractivity contribution in [3.05, 3.63) is 28.8 Å². The topological polar surface area (TPSA) is 46.5 Å². The maximum absolute atomic E-state index is 12.3. The Balaban J connectivity index is 2.29. The third kappa shape index (κ3) is 12.5. The zero-order chi connectivity index (χ0) is 25.6. The van der Waals surface area contributed by atoms with Crippen molar-refractivity contribution in [2.24, 2.45) is 0 Å². The van der Waals surface area contributed by atoms with E-state index in [1.54, 1.807) is 0 Å². The summed E-state index contributed by atoms with van der Waals surface area (Å²) < 4.78 is 5.47. The van der Waals surface area contributed by atoms with Crippen LogP contribution in [0, 0.1) is 0 Å². The summed E-state index contributed by atoms with van der Waals surface area (Å²) in [5.74, 6) is 2.54. The Morgan fingerprint density at radius 3 is 1.85 bits per heavy atom. The first-order valence-corrected chi connectivity index (χ1v) is 14.7. The summed E-state index contributed by atoms with van der Waals surface area (Å²) in [6.45, 7) is 15.4. The fourth-order valence-electron chi connectivity index (χ4n) is 4.09. The van der Waals surface area contributed by atoms with E-state index in [4.69, 9.17) is 4.74 Å². The van der Waals surface area contributed by atoms with Crippen LogP contribution in [0.5, 0.6) is 5.75 Å². The van der Waals surface area contributed by atoms with E-state index in [0.717, 1.165) is 28.9 Å². The Labute approximate surface area is 214 Å². The van der Waals surface area contributed by atoms with Crippen LogP contribution in [0.4, 0.5) is 0 Å². The number of phenols is 1. The molecule has 0 spiro atoms. The molecule has 0 bridgehead atoms. The number of rotatable bonds is 16. The highest BCUT2D eigenvalue weighted by Crippen LogP contribution is 2.40. The van der Waals surface area contributed by atoms with E-state index < -0.39 is 0 Å². The van der Waals surface area contributed by atoms with Crippen LogP contribution in [0.2, 0.25) is 0 Å². The minimum Gasteiger partial charge on any atom is -0.507 e. The lowest BCUT2D eigenvalue weighted by atomic mass is 9.78. The fourth-order valence-corrected chi connectivity index (χ4v) is 5.02.